The smallest absolute Gasteiger partial charge is 0.309 e. The molecule has 8 nitrogen and oxygen atoms in total. The quantitative estimate of drug-likeness (QED) is 0.549. The molecule has 162 valence electrons. The van der Waals surface area contributed by atoms with Gasteiger partial charge in [0.25, 0.3) is 5.91 Å². The van der Waals surface area contributed by atoms with Gasteiger partial charge in [0.1, 0.15) is 5.69 Å². The number of fused-ring (bicyclic) bond motifs is 1. The Balaban J connectivity index is 1.61. The summed E-state index contributed by atoms with van der Waals surface area (Å²) < 4.78 is 12.9. The highest BCUT2D eigenvalue weighted by atomic mass is 16.5. The first kappa shape index (κ1) is 21.8. The first-order valence-electron chi connectivity index (χ1n) is 11.0. The maximum absolute atomic E-state index is 12.7. The van der Waals surface area contributed by atoms with Crippen LogP contribution in [0, 0.1) is 5.92 Å². The summed E-state index contributed by atoms with van der Waals surface area (Å²) >= 11 is 0. The minimum atomic E-state index is -0.0820. The Morgan fingerprint density at radius 3 is 2.83 bits per heavy atom. The zero-order chi connectivity index (χ0) is 20.5. The van der Waals surface area contributed by atoms with Crippen molar-refractivity contribution in [2.24, 2.45) is 5.92 Å². The molecule has 0 radical (unpaired) electrons. The zero-order valence-electron chi connectivity index (χ0n) is 17.5. The molecule has 8 heteroatoms. The van der Waals surface area contributed by atoms with Crippen LogP contribution in [0.5, 0.6) is 0 Å². The summed E-state index contributed by atoms with van der Waals surface area (Å²) in [7, 11) is 0. The van der Waals surface area contributed by atoms with Crippen LogP contribution in [0.25, 0.3) is 0 Å². The molecular weight excluding hydrogens is 372 g/mol. The number of piperidine rings is 1. The van der Waals surface area contributed by atoms with Crippen molar-refractivity contribution in [3.8, 4) is 0 Å². The van der Waals surface area contributed by atoms with Gasteiger partial charge in [-0.15, -0.1) is 0 Å². The van der Waals surface area contributed by atoms with E-state index < -0.39 is 0 Å². The third-order valence-corrected chi connectivity index (χ3v) is 5.59. The molecule has 1 saturated heterocycles. The number of nitrogens with zero attached hydrogens (tertiary/aromatic N) is 2. The van der Waals surface area contributed by atoms with Crippen molar-refractivity contribution in [1.29, 1.82) is 0 Å². The molecule has 0 aromatic carbocycles. The third kappa shape index (κ3) is 6.02. The average Bonchev–Trinajstić information content (AvgIpc) is 3.08. The van der Waals surface area contributed by atoms with E-state index in [9.17, 15) is 9.59 Å². The molecule has 2 N–H and O–H groups in total. The van der Waals surface area contributed by atoms with Gasteiger partial charge in [0.05, 0.1) is 18.2 Å². The van der Waals surface area contributed by atoms with Crippen molar-refractivity contribution in [1.82, 2.24) is 20.4 Å². The van der Waals surface area contributed by atoms with Gasteiger partial charge in [-0.3, -0.25) is 14.3 Å². The molecule has 1 amide bonds. The molecule has 0 saturated carbocycles. The number of esters is 1. The topological polar surface area (TPSA) is 94.5 Å². The second kappa shape index (κ2) is 11.3. The predicted octanol–water partition coefficient (Wildman–Crippen LogP) is 1.46. The van der Waals surface area contributed by atoms with Gasteiger partial charge in [0.15, 0.2) is 0 Å². The van der Waals surface area contributed by atoms with E-state index in [2.05, 4.69) is 10.6 Å². The fourth-order valence-electron chi connectivity index (χ4n) is 4.00. The van der Waals surface area contributed by atoms with Crippen LogP contribution in [0.4, 0.5) is 0 Å². The number of amides is 1. The molecule has 1 aromatic rings. The maximum atomic E-state index is 12.7. The number of rotatable bonds is 6. The highest BCUT2D eigenvalue weighted by molar-refractivity contribution is 5.94. The molecule has 3 rings (SSSR count). The van der Waals surface area contributed by atoms with Crippen molar-refractivity contribution in [3.05, 3.63) is 17.0 Å². The predicted molar refractivity (Wildman–Crippen MR) is 109 cm³/mol. The highest BCUT2D eigenvalue weighted by Crippen LogP contribution is 2.20. The van der Waals surface area contributed by atoms with Crippen molar-refractivity contribution in [2.75, 3.05) is 39.5 Å². The fraction of sp³-hybridized carbons (Fsp3) is 0.762. The lowest BCUT2D eigenvalue weighted by atomic mass is 9.98. The standard InChI is InChI=1S/C21H34N4O4/c1-2-25-19-17(6-3-13-28-14-5-10-23-20(19)26)18(24-25)7-4-15-29-21(27)16-8-11-22-12-9-16/h16,22H,2-15H2,1H3,(H,23,26). The molecule has 3 heterocycles. The minimum absolute atomic E-state index is 0.0240. The molecule has 0 aliphatic carbocycles. The number of aromatic nitrogens is 2. The molecule has 0 unspecified atom stereocenters. The lowest BCUT2D eigenvalue weighted by Crippen LogP contribution is -2.32. The molecule has 1 aromatic heterocycles. The number of carbonyl (C=O) groups is 2. The van der Waals surface area contributed by atoms with E-state index in [1.165, 1.54) is 0 Å². The lowest BCUT2D eigenvalue weighted by molar-refractivity contribution is -0.149. The first-order valence-corrected chi connectivity index (χ1v) is 11.0. The largest absolute Gasteiger partial charge is 0.465 e. The Morgan fingerprint density at radius 1 is 1.24 bits per heavy atom. The van der Waals surface area contributed by atoms with Gasteiger partial charge in [0, 0.05) is 31.9 Å². The first-order chi connectivity index (χ1) is 14.2. The number of hydrogen-bond acceptors (Lipinski definition) is 6. The molecule has 2 aliphatic rings. The van der Waals surface area contributed by atoms with Gasteiger partial charge >= 0.3 is 5.97 Å². The Kier molecular flexibility index (Phi) is 8.49. The zero-order valence-corrected chi connectivity index (χ0v) is 17.5. The van der Waals surface area contributed by atoms with Crippen LogP contribution in [0.1, 0.15) is 60.8 Å². The van der Waals surface area contributed by atoms with E-state index in [-0.39, 0.29) is 17.8 Å². The summed E-state index contributed by atoms with van der Waals surface area (Å²) in [6.07, 6.45) is 5.57. The highest BCUT2D eigenvalue weighted by Gasteiger charge is 2.24. The van der Waals surface area contributed by atoms with Crippen LogP contribution in [0.3, 0.4) is 0 Å². The molecule has 1 fully saturated rings. The van der Waals surface area contributed by atoms with Gasteiger partial charge < -0.3 is 20.1 Å². The van der Waals surface area contributed by atoms with E-state index in [0.717, 1.165) is 56.5 Å². The van der Waals surface area contributed by atoms with Crippen LogP contribution in [0.2, 0.25) is 0 Å². The summed E-state index contributed by atoms with van der Waals surface area (Å²) in [5.41, 5.74) is 2.63. The van der Waals surface area contributed by atoms with Gasteiger partial charge in [-0.2, -0.15) is 5.10 Å². The van der Waals surface area contributed by atoms with E-state index in [1.54, 1.807) is 4.68 Å². The number of hydrogen-bond donors (Lipinski definition) is 2. The SMILES string of the molecule is CCn1nc(CCCOC(=O)C2CCNCC2)c2c1C(=O)NCCCOCCC2. The van der Waals surface area contributed by atoms with Crippen molar-refractivity contribution < 1.29 is 19.1 Å². The van der Waals surface area contributed by atoms with Crippen LogP contribution in [-0.4, -0.2) is 61.1 Å². The molecule has 0 bridgehead atoms. The Hall–Kier alpha value is -1.93. The third-order valence-electron chi connectivity index (χ3n) is 5.59. The fourth-order valence-corrected chi connectivity index (χ4v) is 4.00. The molecular formula is C21H34N4O4. The normalized spacial score (nSPS) is 19.1. The number of nitrogens with one attached hydrogen (secondary N) is 2. The summed E-state index contributed by atoms with van der Waals surface area (Å²) in [5, 5.41) is 11.0. The number of aryl methyl sites for hydroxylation is 2. The van der Waals surface area contributed by atoms with Crippen molar-refractivity contribution >= 4 is 11.9 Å². The van der Waals surface area contributed by atoms with E-state index in [1.807, 2.05) is 6.92 Å². The van der Waals surface area contributed by atoms with Crippen LogP contribution < -0.4 is 10.6 Å². The van der Waals surface area contributed by atoms with Crippen LogP contribution in [0.15, 0.2) is 0 Å². The van der Waals surface area contributed by atoms with E-state index in [0.29, 0.717) is 51.4 Å². The summed E-state index contributed by atoms with van der Waals surface area (Å²) in [6, 6.07) is 0. The number of ether oxygens (including phenoxy) is 2. The van der Waals surface area contributed by atoms with Crippen molar-refractivity contribution in [2.45, 2.75) is 58.4 Å². The van der Waals surface area contributed by atoms with Crippen molar-refractivity contribution in [3.63, 3.8) is 0 Å². The minimum Gasteiger partial charge on any atom is -0.465 e. The van der Waals surface area contributed by atoms with Gasteiger partial charge in [-0.1, -0.05) is 0 Å². The Labute approximate surface area is 172 Å². The van der Waals surface area contributed by atoms with Crippen LogP contribution >= 0.6 is 0 Å². The molecule has 29 heavy (non-hydrogen) atoms. The Morgan fingerprint density at radius 2 is 2.03 bits per heavy atom. The molecule has 2 aliphatic heterocycles. The summed E-state index contributed by atoms with van der Waals surface area (Å²) in [6.45, 7) is 6.78. The lowest BCUT2D eigenvalue weighted by Gasteiger charge is -2.20. The Bertz CT molecular complexity index is 682. The second-order valence-electron chi connectivity index (χ2n) is 7.71. The number of carbonyl (C=O) groups excluding carboxylic acids is 2. The maximum Gasteiger partial charge on any atom is 0.309 e. The van der Waals surface area contributed by atoms with E-state index in [4.69, 9.17) is 14.6 Å². The molecule has 0 atom stereocenters. The monoisotopic (exact) mass is 406 g/mol. The average molecular weight is 407 g/mol. The van der Waals surface area contributed by atoms with Gasteiger partial charge in [-0.05, 0) is 65.0 Å². The van der Waals surface area contributed by atoms with Gasteiger partial charge in [0.2, 0.25) is 0 Å². The molecule has 0 spiro atoms. The summed E-state index contributed by atoms with van der Waals surface area (Å²) in [5.74, 6) is -0.114. The van der Waals surface area contributed by atoms with Gasteiger partial charge in [-0.25, -0.2) is 0 Å². The van der Waals surface area contributed by atoms with E-state index >= 15 is 0 Å². The summed E-state index contributed by atoms with van der Waals surface area (Å²) in [4.78, 5) is 24.9. The van der Waals surface area contributed by atoms with Crippen LogP contribution in [-0.2, 0) is 33.7 Å². The second-order valence-corrected chi connectivity index (χ2v) is 7.71.